The van der Waals surface area contributed by atoms with E-state index in [0.717, 1.165) is 23.7 Å². The first-order valence-electron chi connectivity index (χ1n) is 8.99. The van der Waals surface area contributed by atoms with Crippen molar-refractivity contribution in [3.8, 4) is 0 Å². The van der Waals surface area contributed by atoms with Crippen LogP contribution in [0.25, 0.3) is 0 Å². The minimum Gasteiger partial charge on any atom is -0.354 e. The summed E-state index contributed by atoms with van der Waals surface area (Å²) in [7, 11) is 0. The lowest BCUT2D eigenvalue weighted by molar-refractivity contribution is -0.121. The molecule has 1 atom stereocenters. The van der Waals surface area contributed by atoms with Crippen molar-refractivity contribution in [2.75, 3.05) is 31.5 Å². The van der Waals surface area contributed by atoms with Gasteiger partial charge in [0, 0.05) is 36.9 Å². The van der Waals surface area contributed by atoms with Gasteiger partial charge in [-0.05, 0) is 49.7 Å². The van der Waals surface area contributed by atoms with Gasteiger partial charge >= 0.3 is 0 Å². The SMILES string of the molecule is O=C(CCNc1ncccn1)NC[C@H](c1cccc(Cl)c1)N1CCCC1. The number of nitrogens with zero attached hydrogens (tertiary/aromatic N) is 3. The van der Waals surface area contributed by atoms with Crippen LogP contribution in [0.5, 0.6) is 0 Å². The van der Waals surface area contributed by atoms with Crippen molar-refractivity contribution >= 4 is 23.5 Å². The maximum Gasteiger partial charge on any atom is 0.222 e. The maximum absolute atomic E-state index is 12.2. The van der Waals surface area contributed by atoms with E-state index < -0.39 is 0 Å². The summed E-state index contributed by atoms with van der Waals surface area (Å²) in [6.07, 6.45) is 6.11. The lowest BCUT2D eigenvalue weighted by atomic mass is 10.1. The van der Waals surface area contributed by atoms with E-state index in [4.69, 9.17) is 11.6 Å². The molecule has 6 nitrogen and oxygen atoms in total. The Balaban J connectivity index is 1.51. The van der Waals surface area contributed by atoms with Gasteiger partial charge in [0.2, 0.25) is 11.9 Å². The zero-order chi connectivity index (χ0) is 18.2. The standard InChI is InChI=1S/C19H24ClN5O/c20-16-6-3-5-15(13-16)17(25-11-1-2-12-25)14-24-18(26)7-10-23-19-21-8-4-9-22-19/h3-6,8-9,13,17H,1-2,7,10-12,14H2,(H,24,26)(H,21,22,23)/t17-/m1/s1. The third-order valence-corrected chi connectivity index (χ3v) is 4.74. The third kappa shape index (κ3) is 5.41. The molecule has 0 aliphatic carbocycles. The van der Waals surface area contributed by atoms with E-state index in [1.165, 1.54) is 12.8 Å². The lowest BCUT2D eigenvalue weighted by Gasteiger charge is -2.28. The first-order chi connectivity index (χ1) is 12.7. The summed E-state index contributed by atoms with van der Waals surface area (Å²) in [6, 6.07) is 9.83. The molecule has 2 N–H and O–H groups in total. The second kappa shape index (κ2) is 9.50. The Morgan fingerprint density at radius 3 is 2.69 bits per heavy atom. The van der Waals surface area contributed by atoms with Gasteiger partial charge in [-0.2, -0.15) is 0 Å². The molecule has 1 aliphatic heterocycles. The number of hydrogen-bond donors (Lipinski definition) is 2. The van der Waals surface area contributed by atoms with Gasteiger partial charge < -0.3 is 10.6 Å². The van der Waals surface area contributed by atoms with E-state index in [1.54, 1.807) is 18.5 Å². The first kappa shape index (κ1) is 18.6. The van der Waals surface area contributed by atoms with Crippen molar-refractivity contribution in [3.63, 3.8) is 0 Å². The molecule has 1 amide bonds. The number of aromatic nitrogens is 2. The number of carbonyl (C=O) groups excluding carboxylic acids is 1. The summed E-state index contributed by atoms with van der Waals surface area (Å²) in [4.78, 5) is 22.8. The average Bonchev–Trinajstić information content (AvgIpc) is 3.17. The number of halogens is 1. The molecule has 1 aromatic carbocycles. The van der Waals surface area contributed by atoms with Gasteiger partial charge in [-0.3, -0.25) is 9.69 Å². The molecule has 1 fully saturated rings. The van der Waals surface area contributed by atoms with Crippen LogP contribution in [0.2, 0.25) is 5.02 Å². The summed E-state index contributed by atoms with van der Waals surface area (Å²) >= 11 is 6.16. The molecular formula is C19H24ClN5O. The summed E-state index contributed by atoms with van der Waals surface area (Å²) in [5.74, 6) is 0.550. The van der Waals surface area contributed by atoms with Crippen molar-refractivity contribution in [3.05, 3.63) is 53.3 Å². The highest BCUT2D eigenvalue weighted by molar-refractivity contribution is 6.30. The van der Waals surface area contributed by atoms with Crippen LogP contribution in [0, 0.1) is 0 Å². The molecule has 1 aliphatic rings. The normalized spacial score (nSPS) is 15.6. The fraction of sp³-hybridized carbons (Fsp3) is 0.421. The Morgan fingerprint density at radius 2 is 1.96 bits per heavy atom. The maximum atomic E-state index is 12.2. The van der Waals surface area contributed by atoms with Crippen LogP contribution < -0.4 is 10.6 Å². The molecule has 3 rings (SSSR count). The van der Waals surface area contributed by atoms with Crippen LogP contribution in [0.1, 0.15) is 30.9 Å². The van der Waals surface area contributed by atoms with Crippen molar-refractivity contribution in [1.82, 2.24) is 20.2 Å². The van der Waals surface area contributed by atoms with Crippen molar-refractivity contribution in [2.45, 2.75) is 25.3 Å². The lowest BCUT2D eigenvalue weighted by Crippen LogP contribution is -2.37. The van der Waals surface area contributed by atoms with Crippen molar-refractivity contribution < 1.29 is 4.79 Å². The van der Waals surface area contributed by atoms with Crippen LogP contribution in [0.4, 0.5) is 5.95 Å². The summed E-state index contributed by atoms with van der Waals surface area (Å²) in [5.41, 5.74) is 1.15. The second-order valence-electron chi connectivity index (χ2n) is 6.37. The smallest absolute Gasteiger partial charge is 0.222 e. The van der Waals surface area contributed by atoms with E-state index in [0.29, 0.717) is 25.5 Å². The zero-order valence-corrected chi connectivity index (χ0v) is 15.5. The Kier molecular flexibility index (Phi) is 6.80. The fourth-order valence-electron chi connectivity index (χ4n) is 3.20. The van der Waals surface area contributed by atoms with Gasteiger partial charge in [0.25, 0.3) is 0 Å². The molecule has 2 aromatic rings. The third-order valence-electron chi connectivity index (χ3n) is 4.51. The molecule has 0 unspecified atom stereocenters. The van der Waals surface area contributed by atoms with Crippen LogP contribution in [-0.4, -0.2) is 47.0 Å². The molecule has 138 valence electrons. The fourth-order valence-corrected chi connectivity index (χ4v) is 3.40. The van der Waals surface area contributed by atoms with E-state index in [1.807, 2.05) is 18.2 Å². The highest BCUT2D eigenvalue weighted by atomic mass is 35.5. The molecule has 26 heavy (non-hydrogen) atoms. The van der Waals surface area contributed by atoms with E-state index in [2.05, 4.69) is 31.6 Å². The van der Waals surface area contributed by atoms with Gasteiger partial charge in [0.1, 0.15) is 0 Å². The van der Waals surface area contributed by atoms with Gasteiger partial charge in [-0.1, -0.05) is 23.7 Å². The Labute approximate surface area is 159 Å². The van der Waals surface area contributed by atoms with Gasteiger partial charge in [0.05, 0.1) is 6.04 Å². The number of nitrogens with one attached hydrogen (secondary N) is 2. The van der Waals surface area contributed by atoms with Crippen molar-refractivity contribution in [1.29, 1.82) is 0 Å². The van der Waals surface area contributed by atoms with E-state index in [9.17, 15) is 4.79 Å². The number of hydrogen-bond acceptors (Lipinski definition) is 5. The Morgan fingerprint density at radius 1 is 1.19 bits per heavy atom. The van der Waals surface area contributed by atoms with Gasteiger partial charge in [-0.15, -0.1) is 0 Å². The Bertz CT molecular complexity index is 706. The zero-order valence-electron chi connectivity index (χ0n) is 14.7. The predicted molar refractivity (Wildman–Crippen MR) is 103 cm³/mol. The summed E-state index contributed by atoms with van der Waals surface area (Å²) < 4.78 is 0. The monoisotopic (exact) mass is 373 g/mol. The molecule has 0 spiro atoms. The van der Waals surface area contributed by atoms with Crippen LogP contribution in [0.15, 0.2) is 42.7 Å². The summed E-state index contributed by atoms with van der Waals surface area (Å²) in [6.45, 7) is 3.20. The molecule has 0 radical (unpaired) electrons. The largest absolute Gasteiger partial charge is 0.354 e. The molecule has 0 saturated carbocycles. The van der Waals surface area contributed by atoms with Gasteiger partial charge in [0.15, 0.2) is 0 Å². The average molecular weight is 374 g/mol. The topological polar surface area (TPSA) is 70.1 Å². The second-order valence-corrected chi connectivity index (χ2v) is 6.80. The molecule has 0 bridgehead atoms. The highest BCUT2D eigenvalue weighted by Gasteiger charge is 2.24. The van der Waals surface area contributed by atoms with Crippen LogP contribution >= 0.6 is 11.6 Å². The number of rotatable bonds is 8. The number of likely N-dealkylation sites (tertiary alicyclic amines) is 1. The Hall–Kier alpha value is -2.18. The summed E-state index contributed by atoms with van der Waals surface area (Å²) in [5, 5.41) is 6.83. The molecule has 1 saturated heterocycles. The van der Waals surface area contributed by atoms with Crippen LogP contribution in [0.3, 0.4) is 0 Å². The number of anilines is 1. The number of carbonyl (C=O) groups is 1. The molecule has 7 heteroatoms. The molecular weight excluding hydrogens is 350 g/mol. The van der Waals surface area contributed by atoms with Crippen molar-refractivity contribution in [2.24, 2.45) is 0 Å². The van der Waals surface area contributed by atoms with Gasteiger partial charge in [-0.25, -0.2) is 9.97 Å². The molecule has 1 aromatic heterocycles. The first-order valence-corrected chi connectivity index (χ1v) is 9.37. The van der Waals surface area contributed by atoms with Crippen LogP contribution in [-0.2, 0) is 4.79 Å². The number of benzene rings is 1. The number of amides is 1. The van der Waals surface area contributed by atoms with E-state index in [-0.39, 0.29) is 11.9 Å². The quantitative estimate of drug-likeness (QED) is 0.744. The minimum atomic E-state index is 0.0136. The highest BCUT2D eigenvalue weighted by Crippen LogP contribution is 2.26. The van der Waals surface area contributed by atoms with E-state index >= 15 is 0 Å². The minimum absolute atomic E-state index is 0.0136. The molecule has 2 heterocycles. The predicted octanol–water partition coefficient (Wildman–Crippen LogP) is 2.89.